The van der Waals surface area contributed by atoms with Gasteiger partial charge in [-0.1, -0.05) is 73.1 Å². The van der Waals surface area contributed by atoms with Gasteiger partial charge in [-0.25, -0.2) is 8.42 Å². The molecule has 0 spiro atoms. The van der Waals surface area contributed by atoms with Crippen molar-refractivity contribution in [1.29, 1.82) is 0 Å². The second kappa shape index (κ2) is 15.6. The van der Waals surface area contributed by atoms with E-state index in [9.17, 15) is 18.0 Å². The number of nitrogens with zero attached hydrogens (tertiary/aromatic N) is 2. The Morgan fingerprint density at radius 1 is 0.889 bits per heavy atom. The average Bonchev–Trinajstić information content (AvgIpc) is 3.05. The molecule has 8 nitrogen and oxygen atoms in total. The molecule has 1 atom stereocenters. The first-order valence-corrected chi connectivity index (χ1v) is 16.5. The molecule has 0 radical (unpaired) electrons. The van der Waals surface area contributed by atoms with Gasteiger partial charge in [0.05, 0.1) is 17.7 Å². The van der Waals surface area contributed by atoms with Crippen LogP contribution in [0.5, 0.6) is 5.75 Å². The lowest BCUT2D eigenvalue weighted by Gasteiger charge is -2.34. The summed E-state index contributed by atoms with van der Waals surface area (Å²) < 4.78 is 34.5. The van der Waals surface area contributed by atoms with Crippen LogP contribution in [-0.4, -0.2) is 51.4 Å². The minimum atomic E-state index is -4.23. The van der Waals surface area contributed by atoms with Crippen LogP contribution in [0.2, 0.25) is 5.02 Å². The predicted molar refractivity (Wildman–Crippen MR) is 178 cm³/mol. The maximum Gasteiger partial charge on any atom is 0.264 e. The summed E-state index contributed by atoms with van der Waals surface area (Å²) in [4.78, 5) is 29.7. The fourth-order valence-electron chi connectivity index (χ4n) is 4.90. The number of ether oxygens (including phenoxy) is 1. The van der Waals surface area contributed by atoms with Crippen molar-refractivity contribution in [3.05, 3.63) is 125 Å². The lowest BCUT2D eigenvalue weighted by atomic mass is 10.0. The molecule has 1 N–H and O–H groups in total. The molecule has 45 heavy (non-hydrogen) atoms. The van der Waals surface area contributed by atoms with Gasteiger partial charge in [-0.2, -0.15) is 0 Å². The molecule has 10 heteroatoms. The summed E-state index contributed by atoms with van der Waals surface area (Å²) in [5, 5.41) is 3.38. The molecule has 0 aliphatic heterocycles. The van der Waals surface area contributed by atoms with E-state index in [1.165, 1.54) is 24.1 Å². The fraction of sp³-hybridized carbons (Fsp3) is 0.257. The number of hydrogen-bond donors (Lipinski definition) is 1. The Hall–Kier alpha value is -4.34. The summed E-state index contributed by atoms with van der Waals surface area (Å²) >= 11 is 6.14. The number of carbonyl (C=O) groups is 2. The Morgan fingerprint density at radius 2 is 1.53 bits per heavy atom. The van der Waals surface area contributed by atoms with E-state index in [4.69, 9.17) is 16.3 Å². The first kappa shape index (κ1) is 33.6. The molecular weight excluding hydrogens is 610 g/mol. The maximum atomic E-state index is 14.5. The van der Waals surface area contributed by atoms with Crippen LogP contribution in [0.4, 0.5) is 5.69 Å². The van der Waals surface area contributed by atoms with Gasteiger partial charge >= 0.3 is 0 Å². The highest BCUT2D eigenvalue weighted by Crippen LogP contribution is 2.27. The number of carbonyl (C=O) groups excluding carboxylic acids is 2. The zero-order valence-electron chi connectivity index (χ0n) is 25.6. The maximum absolute atomic E-state index is 14.5. The quantitative estimate of drug-likeness (QED) is 0.181. The Balaban J connectivity index is 1.80. The molecular formula is C35H38ClN3O5S. The topological polar surface area (TPSA) is 96.0 Å². The predicted octanol–water partition coefficient (Wildman–Crippen LogP) is 6.02. The van der Waals surface area contributed by atoms with Crippen molar-refractivity contribution in [3.8, 4) is 5.75 Å². The number of aryl methyl sites for hydroxylation is 1. The van der Waals surface area contributed by atoms with Gasteiger partial charge in [0.25, 0.3) is 10.0 Å². The van der Waals surface area contributed by atoms with E-state index in [1.807, 2.05) is 68.4 Å². The van der Waals surface area contributed by atoms with E-state index in [0.29, 0.717) is 17.3 Å². The molecule has 0 saturated heterocycles. The Labute approximate surface area is 270 Å². The van der Waals surface area contributed by atoms with Crippen molar-refractivity contribution < 1.29 is 22.7 Å². The van der Waals surface area contributed by atoms with Crippen molar-refractivity contribution in [2.24, 2.45) is 0 Å². The van der Waals surface area contributed by atoms with Crippen molar-refractivity contribution in [1.82, 2.24) is 10.2 Å². The zero-order chi connectivity index (χ0) is 32.4. The molecule has 4 aromatic carbocycles. The summed E-state index contributed by atoms with van der Waals surface area (Å²) in [5.41, 5.74) is 2.93. The monoisotopic (exact) mass is 647 g/mol. The van der Waals surface area contributed by atoms with Crippen molar-refractivity contribution in [2.45, 2.75) is 44.2 Å². The highest BCUT2D eigenvalue weighted by Gasteiger charge is 2.34. The van der Waals surface area contributed by atoms with E-state index < -0.39 is 28.5 Å². The van der Waals surface area contributed by atoms with Crippen LogP contribution in [-0.2, 0) is 32.6 Å². The molecule has 0 heterocycles. The van der Waals surface area contributed by atoms with Crippen molar-refractivity contribution >= 4 is 39.1 Å². The molecule has 4 aromatic rings. The first-order valence-electron chi connectivity index (χ1n) is 14.7. The molecule has 236 valence electrons. The normalized spacial score (nSPS) is 11.8. The number of halogens is 1. The number of rotatable bonds is 14. The van der Waals surface area contributed by atoms with E-state index in [2.05, 4.69) is 5.32 Å². The van der Waals surface area contributed by atoms with Crippen LogP contribution in [0, 0.1) is 6.92 Å². The number of benzene rings is 4. The summed E-state index contributed by atoms with van der Waals surface area (Å²) in [5.74, 6) is -0.342. The lowest BCUT2D eigenvalue weighted by Crippen LogP contribution is -2.53. The average molecular weight is 648 g/mol. The van der Waals surface area contributed by atoms with Crippen LogP contribution < -0.4 is 14.4 Å². The number of methoxy groups -OCH3 is 1. The smallest absolute Gasteiger partial charge is 0.264 e. The second-order valence-electron chi connectivity index (χ2n) is 10.6. The third kappa shape index (κ3) is 8.65. The summed E-state index contributed by atoms with van der Waals surface area (Å²) in [6, 6.07) is 28.4. The van der Waals surface area contributed by atoms with Gasteiger partial charge < -0.3 is 15.0 Å². The fourth-order valence-corrected chi connectivity index (χ4v) is 6.44. The summed E-state index contributed by atoms with van der Waals surface area (Å²) in [6.07, 6.45) is 0.972. The molecule has 0 fully saturated rings. The molecule has 4 rings (SSSR count). The Kier molecular flexibility index (Phi) is 11.6. The van der Waals surface area contributed by atoms with Crippen molar-refractivity contribution in [3.63, 3.8) is 0 Å². The second-order valence-corrected chi connectivity index (χ2v) is 12.9. The molecule has 0 saturated carbocycles. The summed E-state index contributed by atoms with van der Waals surface area (Å²) in [6.45, 7) is 3.90. The molecule has 1 unspecified atom stereocenters. The highest BCUT2D eigenvalue weighted by atomic mass is 35.5. The van der Waals surface area contributed by atoms with Gasteiger partial charge in [-0.3, -0.25) is 13.9 Å². The SMILES string of the molecule is CCCNC(=O)C(Cc1ccccc1)N(Cc1ccccc1C)C(=O)CN(c1ccc(Cl)cc1)S(=O)(=O)c1ccc(OC)cc1. The Bertz CT molecular complexity index is 1680. The zero-order valence-corrected chi connectivity index (χ0v) is 27.2. The van der Waals surface area contributed by atoms with Crippen LogP contribution in [0.15, 0.2) is 108 Å². The first-order chi connectivity index (χ1) is 21.6. The van der Waals surface area contributed by atoms with Gasteiger partial charge in [-0.15, -0.1) is 0 Å². The van der Waals surface area contributed by atoms with Gasteiger partial charge in [-0.05, 0) is 78.6 Å². The van der Waals surface area contributed by atoms with E-state index in [0.717, 1.165) is 27.4 Å². The molecule has 0 bridgehead atoms. The van der Waals surface area contributed by atoms with E-state index >= 15 is 0 Å². The van der Waals surface area contributed by atoms with E-state index in [-0.39, 0.29) is 29.5 Å². The largest absolute Gasteiger partial charge is 0.497 e. The van der Waals surface area contributed by atoms with Gasteiger partial charge in [0.2, 0.25) is 11.8 Å². The summed E-state index contributed by atoms with van der Waals surface area (Å²) in [7, 11) is -2.74. The molecule has 0 aliphatic carbocycles. The van der Waals surface area contributed by atoms with Crippen LogP contribution in [0.1, 0.15) is 30.0 Å². The molecule has 0 aliphatic rings. The Morgan fingerprint density at radius 3 is 2.16 bits per heavy atom. The van der Waals surface area contributed by atoms with Crippen LogP contribution in [0.3, 0.4) is 0 Å². The van der Waals surface area contributed by atoms with Gasteiger partial charge in [0.15, 0.2) is 0 Å². The number of sulfonamides is 1. The van der Waals surface area contributed by atoms with Crippen LogP contribution >= 0.6 is 11.6 Å². The minimum absolute atomic E-state index is 0.0157. The number of anilines is 1. The van der Waals surface area contributed by atoms with Gasteiger partial charge in [0, 0.05) is 24.5 Å². The number of amides is 2. The van der Waals surface area contributed by atoms with Crippen molar-refractivity contribution in [2.75, 3.05) is 24.5 Å². The minimum Gasteiger partial charge on any atom is -0.497 e. The molecule has 0 aromatic heterocycles. The lowest BCUT2D eigenvalue weighted by molar-refractivity contribution is -0.140. The van der Waals surface area contributed by atoms with Gasteiger partial charge in [0.1, 0.15) is 18.3 Å². The third-order valence-corrected chi connectivity index (χ3v) is 9.50. The van der Waals surface area contributed by atoms with E-state index in [1.54, 1.807) is 36.4 Å². The number of nitrogens with one attached hydrogen (secondary N) is 1. The molecule has 2 amide bonds. The third-order valence-electron chi connectivity index (χ3n) is 7.46. The highest BCUT2D eigenvalue weighted by molar-refractivity contribution is 7.92. The number of hydrogen-bond acceptors (Lipinski definition) is 5. The van der Waals surface area contributed by atoms with Crippen LogP contribution in [0.25, 0.3) is 0 Å². The standard InChI is InChI=1S/C35H38ClN3O5S/c1-4-22-37-35(41)33(23-27-11-6-5-7-12-27)38(24-28-13-9-8-10-26(28)2)34(40)25-39(30-16-14-29(36)15-17-30)45(42,43)32-20-18-31(44-3)19-21-32/h5-21,33H,4,22-25H2,1-3H3,(H,37,41).